The van der Waals surface area contributed by atoms with Crippen LogP contribution >= 0.6 is 34.9 Å². The number of hydrogen-bond donors (Lipinski definition) is 1. The molecule has 154 valence electrons. The van der Waals surface area contributed by atoms with E-state index in [0.717, 1.165) is 40.6 Å². The normalized spacial score (nSPS) is 11.6. The van der Waals surface area contributed by atoms with Gasteiger partial charge in [-0.05, 0) is 72.5 Å². The second kappa shape index (κ2) is 9.08. The Morgan fingerprint density at radius 3 is 2.60 bits per heavy atom. The van der Waals surface area contributed by atoms with Crippen molar-refractivity contribution < 1.29 is 13.2 Å². The van der Waals surface area contributed by atoms with E-state index in [1.54, 1.807) is 12.3 Å². The molecular weight excluding hydrogens is 453 g/mol. The molecule has 30 heavy (non-hydrogen) atoms. The van der Waals surface area contributed by atoms with Crippen molar-refractivity contribution in [3.63, 3.8) is 0 Å². The minimum atomic E-state index is -4.53. The van der Waals surface area contributed by atoms with Crippen LogP contribution in [0.15, 0.2) is 46.7 Å². The number of aromatic nitrogens is 2. The molecule has 10 heteroatoms. The number of aryl methyl sites for hydroxylation is 2. The Balaban J connectivity index is 1.77. The highest BCUT2D eigenvalue weighted by Crippen LogP contribution is 2.38. The molecule has 3 rings (SSSR count). The van der Waals surface area contributed by atoms with Crippen molar-refractivity contribution in [2.45, 2.75) is 30.1 Å². The smallest absolute Gasteiger partial charge is 0.362 e. The zero-order chi connectivity index (χ0) is 21.9. The van der Waals surface area contributed by atoms with Gasteiger partial charge in [-0.25, -0.2) is 4.98 Å². The Morgan fingerprint density at radius 2 is 1.97 bits per heavy atom. The molecule has 0 saturated heterocycles. The van der Waals surface area contributed by atoms with E-state index in [0.29, 0.717) is 21.7 Å². The maximum absolute atomic E-state index is 12.8. The minimum Gasteiger partial charge on any atom is -0.362 e. The van der Waals surface area contributed by atoms with Crippen molar-refractivity contribution in [3.8, 4) is 6.07 Å². The summed E-state index contributed by atoms with van der Waals surface area (Å²) in [6.07, 6.45) is -0.395. The highest BCUT2D eigenvalue weighted by Gasteiger charge is 2.31. The van der Waals surface area contributed by atoms with Gasteiger partial charge in [-0.3, -0.25) is 0 Å². The van der Waals surface area contributed by atoms with Crippen molar-refractivity contribution >= 4 is 46.7 Å². The molecule has 0 saturated carbocycles. The summed E-state index contributed by atoms with van der Waals surface area (Å²) in [5, 5.41) is 13.0. The van der Waals surface area contributed by atoms with E-state index in [1.807, 2.05) is 32.0 Å². The third-order valence-electron chi connectivity index (χ3n) is 4.12. The second-order valence-corrected chi connectivity index (χ2v) is 8.42. The van der Waals surface area contributed by atoms with Gasteiger partial charge in [-0.15, -0.1) is 0 Å². The SMILES string of the molecule is Cc1ccc(N/C=C\c2snc(Sc3ncc(C(F)(F)F)cc3Cl)c2C#N)cc1C. The van der Waals surface area contributed by atoms with Gasteiger partial charge in [0.25, 0.3) is 0 Å². The van der Waals surface area contributed by atoms with E-state index in [1.165, 1.54) is 5.56 Å². The molecular formula is C20H14ClF3N4S2. The van der Waals surface area contributed by atoms with Crippen molar-refractivity contribution in [1.82, 2.24) is 9.36 Å². The molecule has 0 aliphatic heterocycles. The largest absolute Gasteiger partial charge is 0.417 e. The second-order valence-electron chi connectivity index (χ2n) is 6.23. The van der Waals surface area contributed by atoms with E-state index in [4.69, 9.17) is 11.6 Å². The fourth-order valence-corrected chi connectivity index (χ4v) is 4.31. The van der Waals surface area contributed by atoms with Crippen LogP contribution in [0.1, 0.15) is 27.1 Å². The predicted molar refractivity (Wildman–Crippen MR) is 114 cm³/mol. The topological polar surface area (TPSA) is 61.6 Å². The van der Waals surface area contributed by atoms with Crippen molar-refractivity contribution in [3.05, 3.63) is 68.8 Å². The van der Waals surface area contributed by atoms with E-state index in [-0.39, 0.29) is 10.0 Å². The molecule has 0 amide bonds. The Morgan fingerprint density at radius 1 is 1.20 bits per heavy atom. The number of hydrogen-bond acceptors (Lipinski definition) is 6. The van der Waals surface area contributed by atoms with E-state index in [2.05, 4.69) is 20.7 Å². The lowest BCUT2D eigenvalue weighted by Crippen LogP contribution is -2.05. The monoisotopic (exact) mass is 466 g/mol. The number of nitrogens with one attached hydrogen (secondary N) is 1. The summed E-state index contributed by atoms with van der Waals surface area (Å²) < 4.78 is 42.5. The molecule has 0 bridgehead atoms. The lowest BCUT2D eigenvalue weighted by Gasteiger charge is -2.08. The number of anilines is 1. The van der Waals surface area contributed by atoms with Crippen LogP contribution in [-0.2, 0) is 6.18 Å². The van der Waals surface area contributed by atoms with E-state index >= 15 is 0 Å². The molecule has 0 aliphatic rings. The molecule has 3 aromatic rings. The summed E-state index contributed by atoms with van der Waals surface area (Å²) in [6, 6.07) is 8.86. The Kier molecular flexibility index (Phi) is 6.71. The molecule has 2 heterocycles. The first-order valence-corrected chi connectivity index (χ1v) is 10.5. The zero-order valence-corrected chi connectivity index (χ0v) is 18.1. The third-order valence-corrected chi connectivity index (χ3v) is 6.45. The molecule has 0 atom stereocenters. The van der Waals surface area contributed by atoms with Gasteiger partial charge in [0, 0.05) is 18.1 Å². The summed E-state index contributed by atoms with van der Waals surface area (Å²) in [5.74, 6) is 0. The van der Waals surface area contributed by atoms with Gasteiger partial charge in [-0.2, -0.15) is 22.8 Å². The fraction of sp³-hybridized carbons (Fsp3) is 0.150. The molecule has 1 N–H and O–H groups in total. The zero-order valence-electron chi connectivity index (χ0n) is 15.7. The van der Waals surface area contributed by atoms with E-state index in [9.17, 15) is 18.4 Å². The molecule has 4 nitrogen and oxygen atoms in total. The van der Waals surface area contributed by atoms with Crippen molar-refractivity contribution in [2.24, 2.45) is 0 Å². The number of nitriles is 1. The summed E-state index contributed by atoms with van der Waals surface area (Å²) in [7, 11) is 0. The van der Waals surface area contributed by atoms with Crippen LogP contribution in [0, 0.1) is 25.2 Å². The molecule has 0 radical (unpaired) electrons. The van der Waals surface area contributed by atoms with Crippen LogP contribution in [0.2, 0.25) is 5.02 Å². The quantitative estimate of drug-likeness (QED) is 0.441. The summed E-state index contributed by atoms with van der Waals surface area (Å²) >= 11 is 8.00. The number of halogens is 4. The third kappa shape index (κ3) is 5.14. The van der Waals surface area contributed by atoms with Crippen LogP contribution < -0.4 is 5.32 Å². The Bertz CT molecular complexity index is 1150. The van der Waals surface area contributed by atoms with Gasteiger partial charge in [-0.1, -0.05) is 17.7 Å². The first kappa shape index (κ1) is 22.2. The summed E-state index contributed by atoms with van der Waals surface area (Å²) in [4.78, 5) is 4.39. The van der Waals surface area contributed by atoms with E-state index < -0.39 is 11.7 Å². The molecule has 0 spiro atoms. The average molecular weight is 467 g/mol. The van der Waals surface area contributed by atoms with Gasteiger partial charge >= 0.3 is 6.18 Å². The average Bonchev–Trinajstić information content (AvgIpc) is 3.07. The fourth-order valence-electron chi connectivity index (χ4n) is 2.37. The van der Waals surface area contributed by atoms with Crippen LogP contribution in [0.5, 0.6) is 0 Å². The van der Waals surface area contributed by atoms with Crippen molar-refractivity contribution in [2.75, 3.05) is 5.32 Å². The highest BCUT2D eigenvalue weighted by atomic mass is 35.5. The first-order chi connectivity index (χ1) is 14.2. The number of benzene rings is 1. The molecule has 2 aromatic heterocycles. The standard InChI is InChI=1S/C20H14ClF3N4S2/c1-11-3-4-14(7-12(11)2)26-6-5-17-15(9-25)18(28-30-17)29-19-16(21)8-13(10-27-19)20(22,23)24/h3-8,10,26H,1-2H3/b6-5-. The van der Waals surface area contributed by atoms with Crippen LogP contribution in [0.4, 0.5) is 18.9 Å². The first-order valence-electron chi connectivity index (χ1n) is 8.49. The summed E-state index contributed by atoms with van der Waals surface area (Å²) in [5.41, 5.74) is 2.63. The maximum atomic E-state index is 12.8. The number of nitrogens with zero attached hydrogens (tertiary/aromatic N) is 3. The Hall–Kier alpha value is -2.54. The number of rotatable bonds is 5. The van der Waals surface area contributed by atoms with Gasteiger partial charge in [0.15, 0.2) is 0 Å². The summed E-state index contributed by atoms with van der Waals surface area (Å²) in [6.45, 7) is 4.05. The van der Waals surface area contributed by atoms with Gasteiger partial charge in [0.1, 0.15) is 21.7 Å². The number of alkyl halides is 3. The molecule has 0 aliphatic carbocycles. The minimum absolute atomic E-state index is 0.148. The Labute approximate surface area is 184 Å². The number of pyridine rings is 1. The maximum Gasteiger partial charge on any atom is 0.417 e. The lowest BCUT2D eigenvalue weighted by atomic mass is 10.1. The van der Waals surface area contributed by atoms with Gasteiger partial charge < -0.3 is 5.32 Å². The van der Waals surface area contributed by atoms with Crippen LogP contribution in [0.3, 0.4) is 0 Å². The van der Waals surface area contributed by atoms with Crippen LogP contribution in [0.25, 0.3) is 6.08 Å². The highest BCUT2D eigenvalue weighted by molar-refractivity contribution is 7.99. The van der Waals surface area contributed by atoms with Gasteiger partial charge in [0.2, 0.25) is 0 Å². The molecule has 1 aromatic carbocycles. The molecule has 0 unspecified atom stereocenters. The molecule has 0 fully saturated rings. The van der Waals surface area contributed by atoms with Crippen LogP contribution in [-0.4, -0.2) is 9.36 Å². The lowest BCUT2D eigenvalue weighted by molar-refractivity contribution is -0.137. The van der Waals surface area contributed by atoms with Gasteiger partial charge in [0.05, 0.1) is 15.5 Å². The predicted octanol–water partition coefficient (Wildman–Crippen LogP) is 6.93. The van der Waals surface area contributed by atoms with Crippen molar-refractivity contribution in [1.29, 1.82) is 5.26 Å².